The standard InChI is InChI=1S/C11H17NO6S/c1-7(2)5-8(13)6-12-19(16,17)10-4-3-9(18-10)11(14)15/h3-4,7-8,12-13H,5-6H2,1-2H3,(H,14,15). The summed E-state index contributed by atoms with van der Waals surface area (Å²) in [4.78, 5) is 10.6. The lowest BCUT2D eigenvalue weighted by atomic mass is 10.1. The Bertz CT molecular complexity index is 533. The van der Waals surface area contributed by atoms with Crippen molar-refractivity contribution in [1.82, 2.24) is 4.72 Å². The Morgan fingerprint density at radius 2 is 2.05 bits per heavy atom. The number of aliphatic hydroxyl groups excluding tert-OH is 1. The van der Waals surface area contributed by atoms with Gasteiger partial charge in [0, 0.05) is 6.54 Å². The Labute approximate surface area is 111 Å². The number of aliphatic hydroxyl groups is 1. The molecule has 0 aliphatic rings. The van der Waals surface area contributed by atoms with Gasteiger partial charge in [-0.1, -0.05) is 13.8 Å². The second kappa shape index (κ2) is 6.18. The third-order valence-corrected chi connectivity index (χ3v) is 3.61. The van der Waals surface area contributed by atoms with E-state index < -0.39 is 32.9 Å². The van der Waals surface area contributed by atoms with Crippen LogP contribution in [0.25, 0.3) is 0 Å². The van der Waals surface area contributed by atoms with E-state index in [9.17, 15) is 18.3 Å². The van der Waals surface area contributed by atoms with Crippen LogP contribution in [0.2, 0.25) is 0 Å². The molecule has 3 N–H and O–H groups in total. The predicted molar refractivity (Wildman–Crippen MR) is 66.3 cm³/mol. The normalized spacial score (nSPS) is 13.7. The first kappa shape index (κ1) is 15.7. The molecule has 1 unspecified atom stereocenters. The summed E-state index contributed by atoms with van der Waals surface area (Å²) in [5.41, 5.74) is 0. The Kier molecular flexibility index (Phi) is 5.10. The number of carboxylic acid groups (broad SMARTS) is 1. The molecule has 19 heavy (non-hydrogen) atoms. The van der Waals surface area contributed by atoms with Crippen molar-refractivity contribution in [2.24, 2.45) is 5.92 Å². The molecule has 0 aliphatic carbocycles. The van der Waals surface area contributed by atoms with Gasteiger partial charge in [-0.2, -0.15) is 0 Å². The number of rotatable bonds is 7. The fourth-order valence-corrected chi connectivity index (χ4v) is 2.48. The highest BCUT2D eigenvalue weighted by atomic mass is 32.2. The van der Waals surface area contributed by atoms with Crippen molar-refractivity contribution in [3.05, 3.63) is 17.9 Å². The van der Waals surface area contributed by atoms with Crippen LogP contribution in [0.3, 0.4) is 0 Å². The van der Waals surface area contributed by atoms with E-state index in [0.717, 1.165) is 12.1 Å². The van der Waals surface area contributed by atoms with Crippen molar-refractivity contribution in [2.45, 2.75) is 31.5 Å². The average Bonchev–Trinajstić information content (AvgIpc) is 2.75. The molecule has 8 heteroatoms. The molecule has 0 radical (unpaired) electrons. The van der Waals surface area contributed by atoms with Crippen LogP contribution in [-0.4, -0.2) is 37.2 Å². The highest BCUT2D eigenvalue weighted by Gasteiger charge is 2.21. The maximum absolute atomic E-state index is 11.7. The summed E-state index contributed by atoms with van der Waals surface area (Å²) in [6, 6.07) is 2.11. The highest BCUT2D eigenvalue weighted by molar-refractivity contribution is 7.89. The van der Waals surface area contributed by atoms with Crippen molar-refractivity contribution in [2.75, 3.05) is 6.54 Å². The number of sulfonamides is 1. The highest BCUT2D eigenvalue weighted by Crippen LogP contribution is 2.14. The number of hydrogen-bond acceptors (Lipinski definition) is 5. The van der Waals surface area contributed by atoms with Gasteiger partial charge in [-0.3, -0.25) is 0 Å². The largest absolute Gasteiger partial charge is 0.475 e. The average molecular weight is 291 g/mol. The summed E-state index contributed by atoms with van der Waals surface area (Å²) < 4.78 is 30.4. The van der Waals surface area contributed by atoms with Gasteiger partial charge in [-0.25, -0.2) is 17.9 Å². The Hall–Kier alpha value is -1.38. The molecule has 0 aliphatic heterocycles. The van der Waals surface area contributed by atoms with Gasteiger partial charge in [0.25, 0.3) is 10.0 Å². The van der Waals surface area contributed by atoms with Crippen LogP contribution in [0.1, 0.15) is 30.8 Å². The van der Waals surface area contributed by atoms with Crippen LogP contribution in [-0.2, 0) is 10.0 Å². The van der Waals surface area contributed by atoms with Crippen molar-refractivity contribution < 1.29 is 27.8 Å². The van der Waals surface area contributed by atoms with Crippen LogP contribution < -0.4 is 4.72 Å². The van der Waals surface area contributed by atoms with Crippen molar-refractivity contribution in [3.63, 3.8) is 0 Å². The molecule has 0 aromatic carbocycles. The van der Waals surface area contributed by atoms with E-state index in [2.05, 4.69) is 4.72 Å². The van der Waals surface area contributed by atoms with Crippen molar-refractivity contribution in [3.8, 4) is 0 Å². The Balaban J connectivity index is 2.67. The van der Waals surface area contributed by atoms with Gasteiger partial charge in [0.05, 0.1) is 6.10 Å². The van der Waals surface area contributed by atoms with Gasteiger partial charge in [0.2, 0.25) is 10.9 Å². The molecule has 1 heterocycles. The molecule has 1 aromatic rings. The monoisotopic (exact) mass is 291 g/mol. The van der Waals surface area contributed by atoms with E-state index in [1.165, 1.54) is 0 Å². The van der Waals surface area contributed by atoms with E-state index in [4.69, 9.17) is 9.52 Å². The minimum absolute atomic E-state index is 0.149. The fourth-order valence-electron chi connectivity index (χ4n) is 1.48. The summed E-state index contributed by atoms with van der Waals surface area (Å²) in [7, 11) is -3.94. The molecule has 0 fully saturated rings. The molecule has 7 nitrogen and oxygen atoms in total. The summed E-state index contributed by atoms with van der Waals surface area (Å²) >= 11 is 0. The van der Waals surface area contributed by atoms with E-state index in [1.807, 2.05) is 13.8 Å². The van der Waals surface area contributed by atoms with Gasteiger partial charge < -0.3 is 14.6 Å². The second-order valence-corrected chi connectivity index (χ2v) is 6.26. The first-order valence-electron chi connectivity index (χ1n) is 5.73. The first-order chi connectivity index (χ1) is 8.72. The van der Waals surface area contributed by atoms with E-state index in [-0.39, 0.29) is 12.5 Å². The van der Waals surface area contributed by atoms with Crippen LogP contribution in [0.4, 0.5) is 0 Å². The molecule has 0 saturated carbocycles. The molecule has 0 saturated heterocycles. The molecule has 1 aromatic heterocycles. The van der Waals surface area contributed by atoms with Crippen molar-refractivity contribution in [1.29, 1.82) is 0 Å². The zero-order valence-electron chi connectivity index (χ0n) is 10.7. The third kappa shape index (κ3) is 4.66. The molecule has 0 spiro atoms. The fraction of sp³-hybridized carbons (Fsp3) is 0.545. The maximum Gasteiger partial charge on any atom is 0.371 e. The molecular formula is C11H17NO6S. The quantitative estimate of drug-likeness (QED) is 0.679. The number of carboxylic acids is 1. The molecule has 0 bridgehead atoms. The van der Waals surface area contributed by atoms with Crippen LogP contribution in [0.5, 0.6) is 0 Å². The second-order valence-electron chi connectivity index (χ2n) is 4.56. The number of carbonyl (C=O) groups is 1. The first-order valence-corrected chi connectivity index (χ1v) is 7.21. The molecular weight excluding hydrogens is 274 g/mol. The van der Waals surface area contributed by atoms with Crippen molar-refractivity contribution >= 4 is 16.0 Å². The smallest absolute Gasteiger partial charge is 0.371 e. The Morgan fingerprint density at radius 3 is 2.53 bits per heavy atom. The van der Waals surface area contributed by atoms with E-state index in [1.54, 1.807) is 0 Å². The summed E-state index contributed by atoms with van der Waals surface area (Å²) in [6.45, 7) is 3.66. The molecule has 1 atom stereocenters. The number of aromatic carboxylic acids is 1. The molecule has 108 valence electrons. The van der Waals surface area contributed by atoms with E-state index >= 15 is 0 Å². The predicted octanol–water partition coefficient (Wildman–Crippen LogP) is 0.663. The summed E-state index contributed by atoms with van der Waals surface area (Å²) in [5.74, 6) is -1.56. The van der Waals surface area contributed by atoms with Gasteiger partial charge in [-0.15, -0.1) is 0 Å². The van der Waals surface area contributed by atoms with E-state index in [0.29, 0.717) is 6.42 Å². The number of furan rings is 1. The van der Waals surface area contributed by atoms with Crippen LogP contribution in [0.15, 0.2) is 21.6 Å². The molecule has 0 amide bonds. The van der Waals surface area contributed by atoms with Crippen LogP contribution >= 0.6 is 0 Å². The van der Waals surface area contributed by atoms with Gasteiger partial charge >= 0.3 is 5.97 Å². The number of hydrogen-bond donors (Lipinski definition) is 3. The third-order valence-electron chi connectivity index (χ3n) is 2.31. The van der Waals surface area contributed by atoms with Gasteiger partial charge in [0.15, 0.2) is 0 Å². The summed E-state index contributed by atoms with van der Waals surface area (Å²) in [6.07, 6.45) is -0.343. The Morgan fingerprint density at radius 1 is 1.42 bits per heavy atom. The van der Waals surface area contributed by atoms with Crippen LogP contribution in [0, 0.1) is 5.92 Å². The zero-order chi connectivity index (χ0) is 14.6. The maximum atomic E-state index is 11.7. The zero-order valence-corrected chi connectivity index (χ0v) is 11.5. The SMILES string of the molecule is CC(C)CC(O)CNS(=O)(=O)c1ccc(C(=O)O)o1. The summed E-state index contributed by atoms with van der Waals surface area (Å²) in [5, 5.41) is 17.7. The van der Waals surface area contributed by atoms with Gasteiger partial charge in [-0.05, 0) is 24.5 Å². The topological polar surface area (TPSA) is 117 Å². The minimum atomic E-state index is -3.94. The lowest BCUT2D eigenvalue weighted by Gasteiger charge is -2.13. The lowest BCUT2D eigenvalue weighted by Crippen LogP contribution is -2.32. The lowest BCUT2D eigenvalue weighted by molar-refractivity contribution is 0.0656. The number of nitrogens with one attached hydrogen (secondary N) is 1. The molecule has 1 rings (SSSR count). The van der Waals surface area contributed by atoms with Gasteiger partial charge in [0.1, 0.15) is 0 Å². The minimum Gasteiger partial charge on any atom is -0.475 e.